The Bertz CT molecular complexity index is 391. The van der Waals surface area contributed by atoms with Crippen LogP contribution >= 0.6 is 0 Å². The van der Waals surface area contributed by atoms with Crippen LogP contribution in [0.15, 0.2) is 23.2 Å². The summed E-state index contributed by atoms with van der Waals surface area (Å²) in [7, 11) is 1.35. The highest BCUT2D eigenvalue weighted by Gasteiger charge is 2.33. The Morgan fingerprint density at radius 3 is 2.75 bits per heavy atom. The van der Waals surface area contributed by atoms with Crippen LogP contribution in [-0.4, -0.2) is 24.6 Å². The molecular weight excluding hydrogens is 218 g/mol. The second-order valence-electron chi connectivity index (χ2n) is 3.01. The number of pyridine rings is 1. The minimum absolute atomic E-state index is 0.113. The van der Waals surface area contributed by atoms with Crippen LogP contribution in [0.1, 0.15) is 5.69 Å². The average Bonchev–Trinajstić information content (AvgIpc) is 2.27. The quantitative estimate of drug-likeness (QED) is 0.581. The topological polar surface area (TPSA) is 86.5 Å². The summed E-state index contributed by atoms with van der Waals surface area (Å²) in [5.41, 5.74) is 9.53. The van der Waals surface area contributed by atoms with Gasteiger partial charge in [-0.3, -0.25) is 0 Å². The first-order chi connectivity index (χ1) is 7.45. The highest BCUT2D eigenvalue weighted by molar-refractivity contribution is 5.75. The second-order valence-corrected chi connectivity index (χ2v) is 3.01. The van der Waals surface area contributed by atoms with Gasteiger partial charge in [-0.1, -0.05) is 6.07 Å². The fraction of sp³-hybridized carbons (Fsp3) is 0.333. The maximum Gasteiger partial charge on any atom is 0.309 e. The normalized spacial score (nSPS) is 10.9. The van der Waals surface area contributed by atoms with Gasteiger partial charge >= 0.3 is 5.92 Å². The zero-order chi connectivity index (χ0) is 12.2. The number of ether oxygens (including phenoxy) is 1. The van der Waals surface area contributed by atoms with Gasteiger partial charge in [0.05, 0.1) is 7.11 Å². The van der Waals surface area contributed by atoms with E-state index in [2.05, 4.69) is 9.98 Å². The van der Waals surface area contributed by atoms with Crippen molar-refractivity contribution in [1.82, 2.24) is 4.98 Å². The Morgan fingerprint density at radius 1 is 1.50 bits per heavy atom. The van der Waals surface area contributed by atoms with Gasteiger partial charge in [0, 0.05) is 6.07 Å². The van der Waals surface area contributed by atoms with Gasteiger partial charge in [-0.2, -0.15) is 8.78 Å². The third kappa shape index (κ3) is 3.04. The first kappa shape index (κ1) is 12.2. The van der Waals surface area contributed by atoms with Crippen LogP contribution < -0.4 is 16.2 Å². The molecule has 5 nitrogen and oxygen atoms in total. The van der Waals surface area contributed by atoms with Crippen LogP contribution in [0.25, 0.3) is 0 Å². The summed E-state index contributed by atoms with van der Waals surface area (Å²) in [6, 6.07) is 4.08. The molecule has 0 aromatic carbocycles. The lowest BCUT2D eigenvalue weighted by atomic mass is 10.2. The lowest BCUT2D eigenvalue weighted by Gasteiger charge is -2.13. The van der Waals surface area contributed by atoms with Gasteiger partial charge in [0.15, 0.2) is 5.96 Å². The Hall–Kier alpha value is -1.92. The van der Waals surface area contributed by atoms with E-state index in [1.165, 1.54) is 25.3 Å². The molecule has 1 heterocycles. The van der Waals surface area contributed by atoms with E-state index >= 15 is 0 Å². The third-order valence-electron chi connectivity index (χ3n) is 1.77. The van der Waals surface area contributed by atoms with Crippen LogP contribution in [-0.2, 0) is 5.92 Å². The SMILES string of the molecule is COc1cccc(C(F)(F)CN=C(N)N)n1. The number of halogens is 2. The van der Waals surface area contributed by atoms with E-state index in [1.54, 1.807) is 0 Å². The van der Waals surface area contributed by atoms with Crippen molar-refractivity contribution in [2.24, 2.45) is 16.5 Å². The Labute approximate surface area is 91.1 Å². The number of aromatic nitrogens is 1. The summed E-state index contributed by atoms with van der Waals surface area (Å²) in [6.45, 7) is -0.838. The molecule has 0 atom stereocenters. The minimum atomic E-state index is -3.22. The van der Waals surface area contributed by atoms with Crippen LogP contribution in [0.2, 0.25) is 0 Å². The Balaban J connectivity index is 2.92. The van der Waals surface area contributed by atoms with Crippen LogP contribution in [0, 0.1) is 0 Å². The monoisotopic (exact) mass is 230 g/mol. The molecule has 4 N–H and O–H groups in total. The number of nitrogens with two attached hydrogens (primary N) is 2. The van der Waals surface area contributed by atoms with E-state index in [-0.39, 0.29) is 11.8 Å². The summed E-state index contributed by atoms with van der Waals surface area (Å²) in [5.74, 6) is -3.50. The predicted molar refractivity (Wildman–Crippen MR) is 55.4 cm³/mol. The number of hydrogen-bond donors (Lipinski definition) is 2. The van der Waals surface area contributed by atoms with Crippen molar-refractivity contribution in [2.45, 2.75) is 5.92 Å². The van der Waals surface area contributed by atoms with E-state index in [0.29, 0.717) is 0 Å². The smallest absolute Gasteiger partial charge is 0.309 e. The second kappa shape index (κ2) is 4.73. The maximum absolute atomic E-state index is 13.5. The van der Waals surface area contributed by atoms with Crippen molar-refractivity contribution in [1.29, 1.82) is 0 Å². The van der Waals surface area contributed by atoms with Gasteiger partial charge in [-0.15, -0.1) is 0 Å². The standard InChI is InChI=1S/C9H12F2N4O/c1-16-7-4-2-3-6(15-7)9(10,11)5-14-8(12)13/h2-4H,5H2,1H3,(H4,12,13,14). The number of methoxy groups -OCH3 is 1. The summed E-state index contributed by atoms with van der Waals surface area (Å²) in [5, 5.41) is 0. The first-order valence-electron chi connectivity index (χ1n) is 4.40. The molecule has 7 heteroatoms. The summed E-state index contributed by atoms with van der Waals surface area (Å²) in [6.07, 6.45) is 0. The zero-order valence-electron chi connectivity index (χ0n) is 8.65. The van der Waals surface area contributed by atoms with Crippen molar-refractivity contribution >= 4 is 5.96 Å². The van der Waals surface area contributed by atoms with Crippen LogP contribution in [0.5, 0.6) is 5.88 Å². The molecule has 0 bridgehead atoms. The van der Waals surface area contributed by atoms with Gasteiger partial charge in [-0.25, -0.2) is 9.98 Å². The van der Waals surface area contributed by atoms with Crippen molar-refractivity contribution in [2.75, 3.05) is 13.7 Å². The Kier molecular flexibility index (Phi) is 3.60. The zero-order valence-corrected chi connectivity index (χ0v) is 8.65. The highest BCUT2D eigenvalue weighted by atomic mass is 19.3. The van der Waals surface area contributed by atoms with Crippen LogP contribution in [0.4, 0.5) is 8.78 Å². The van der Waals surface area contributed by atoms with E-state index in [4.69, 9.17) is 16.2 Å². The molecule has 0 spiro atoms. The van der Waals surface area contributed by atoms with Gasteiger partial charge < -0.3 is 16.2 Å². The molecule has 1 rings (SSSR count). The fourth-order valence-corrected chi connectivity index (χ4v) is 1.00. The van der Waals surface area contributed by atoms with Crippen molar-refractivity contribution in [3.8, 4) is 5.88 Å². The molecule has 88 valence electrons. The van der Waals surface area contributed by atoms with E-state index in [9.17, 15) is 8.78 Å². The number of rotatable bonds is 4. The first-order valence-corrected chi connectivity index (χ1v) is 4.40. The molecule has 0 aliphatic carbocycles. The fourth-order valence-electron chi connectivity index (χ4n) is 1.00. The van der Waals surface area contributed by atoms with Crippen LogP contribution in [0.3, 0.4) is 0 Å². The van der Waals surface area contributed by atoms with E-state index in [1.807, 2.05) is 0 Å². The molecule has 0 saturated heterocycles. The Morgan fingerprint density at radius 2 is 2.19 bits per heavy atom. The molecule has 0 aliphatic rings. The molecular formula is C9H12F2N4O. The maximum atomic E-state index is 13.5. The molecule has 1 aromatic rings. The van der Waals surface area contributed by atoms with Gasteiger partial charge in [0.2, 0.25) is 5.88 Å². The number of alkyl halides is 2. The number of nitrogens with zero attached hydrogens (tertiary/aromatic N) is 2. The van der Waals surface area contributed by atoms with Crippen molar-refractivity contribution in [3.63, 3.8) is 0 Å². The summed E-state index contributed by atoms with van der Waals surface area (Å²) >= 11 is 0. The molecule has 0 aliphatic heterocycles. The molecule has 0 radical (unpaired) electrons. The molecule has 1 aromatic heterocycles. The summed E-state index contributed by atoms with van der Waals surface area (Å²) in [4.78, 5) is 6.89. The van der Waals surface area contributed by atoms with Gasteiger partial charge in [0.1, 0.15) is 12.2 Å². The molecule has 0 fully saturated rings. The molecule has 0 unspecified atom stereocenters. The van der Waals surface area contributed by atoms with Gasteiger partial charge in [0.25, 0.3) is 0 Å². The lowest BCUT2D eigenvalue weighted by Crippen LogP contribution is -2.27. The minimum Gasteiger partial charge on any atom is -0.481 e. The van der Waals surface area contributed by atoms with E-state index < -0.39 is 18.2 Å². The number of aliphatic imine (C=N–C) groups is 1. The predicted octanol–water partition coefficient (Wildman–Crippen LogP) is 0.455. The molecule has 0 amide bonds. The lowest BCUT2D eigenvalue weighted by molar-refractivity contribution is 0.00144. The highest BCUT2D eigenvalue weighted by Crippen LogP contribution is 2.27. The third-order valence-corrected chi connectivity index (χ3v) is 1.77. The molecule has 0 saturated carbocycles. The number of guanidine groups is 1. The van der Waals surface area contributed by atoms with Crippen molar-refractivity contribution < 1.29 is 13.5 Å². The molecule has 16 heavy (non-hydrogen) atoms. The van der Waals surface area contributed by atoms with Crippen molar-refractivity contribution in [3.05, 3.63) is 23.9 Å². The average molecular weight is 230 g/mol. The summed E-state index contributed by atoms with van der Waals surface area (Å²) < 4.78 is 31.7. The van der Waals surface area contributed by atoms with E-state index in [0.717, 1.165) is 0 Å². The number of hydrogen-bond acceptors (Lipinski definition) is 3. The largest absolute Gasteiger partial charge is 0.481 e. The van der Waals surface area contributed by atoms with Gasteiger partial charge in [-0.05, 0) is 6.07 Å².